The van der Waals surface area contributed by atoms with Gasteiger partial charge in [0.25, 0.3) is 0 Å². The third-order valence-electron chi connectivity index (χ3n) is 5.66. The van der Waals surface area contributed by atoms with Crippen molar-refractivity contribution in [3.8, 4) is 11.5 Å². The number of halogens is 1. The highest BCUT2D eigenvalue weighted by atomic mass is 32.2. The monoisotopic (exact) mass is 371 g/mol. The molecule has 1 aromatic carbocycles. The molecule has 8 heteroatoms. The number of aromatic nitrogens is 4. The van der Waals surface area contributed by atoms with Gasteiger partial charge < -0.3 is 9.88 Å². The van der Waals surface area contributed by atoms with Crippen molar-refractivity contribution in [3.63, 3.8) is 0 Å². The Bertz CT molecular complexity index is 1040. The molecule has 1 saturated carbocycles. The standard InChI is InChI=1S/C18H18FN5OS/c1-9(25)23(2)12-3-4-14-15(8-12)21-18(20-14)17-13-6-10-5-11(10)7-16(13)24(22-17)26-19/h3-4,8,10-11H,5-7H2,1-2H3,(H,20,21). The summed E-state index contributed by atoms with van der Waals surface area (Å²) in [7, 11) is 1.74. The molecule has 0 radical (unpaired) electrons. The summed E-state index contributed by atoms with van der Waals surface area (Å²) in [5.74, 6) is 2.03. The number of aromatic amines is 1. The van der Waals surface area contributed by atoms with Crippen molar-refractivity contribution >= 4 is 35.0 Å². The first-order valence-corrected chi connectivity index (χ1v) is 9.37. The van der Waals surface area contributed by atoms with Gasteiger partial charge in [0.1, 0.15) is 5.69 Å². The molecule has 2 unspecified atom stereocenters. The van der Waals surface area contributed by atoms with Crippen LogP contribution in [0.4, 0.5) is 9.57 Å². The molecule has 1 fully saturated rings. The van der Waals surface area contributed by atoms with Gasteiger partial charge in [-0.3, -0.25) is 4.79 Å². The second kappa shape index (κ2) is 5.57. The molecule has 2 aromatic heterocycles. The molecule has 0 spiro atoms. The van der Waals surface area contributed by atoms with Gasteiger partial charge in [0.15, 0.2) is 18.2 Å². The molecule has 0 bridgehead atoms. The smallest absolute Gasteiger partial charge is 0.223 e. The molecule has 2 aliphatic carbocycles. The van der Waals surface area contributed by atoms with E-state index in [0.717, 1.165) is 46.5 Å². The Labute approximate surface area is 154 Å². The largest absolute Gasteiger partial charge is 0.337 e. The van der Waals surface area contributed by atoms with Gasteiger partial charge in [0.2, 0.25) is 5.91 Å². The SMILES string of the molecule is CC(=O)N(C)c1ccc2nc(-c3nn(SF)c4c3CC3CC3C4)[nH]c2c1. The van der Waals surface area contributed by atoms with Crippen LogP contribution in [0.5, 0.6) is 0 Å². The number of nitrogens with zero attached hydrogens (tertiary/aromatic N) is 4. The van der Waals surface area contributed by atoms with Crippen molar-refractivity contribution in [2.45, 2.75) is 26.2 Å². The van der Waals surface area contributed by atoms with Crippen molar-refractivity contribution in [1.29, 1.82) is 0 Å². The molecule has 3 aromatic rings. The zero-order valence-corrected chi connectivity index (χ0v) is 15.3. The predicted molar refractivity (Wildman–Crippen MR) is 99.5 cm³/mol. The Hall–Kier alpha value is -2.35. The van der Waals surface area contributed by atoms with Crippen LogP contribution in [-0.2, 0) is 17.6 Å². The second-order valence-corrected chi connectivity index (χ2v) is 7.73. The number of hydrogen-bond donors (Lipinski definition) is 1. The van der Waals surface area contributed by atoms with Crippen molar-refractivity contribution in [2.24, 2.45) is 11.8 Å². The molecule has 1 amide bonds. The van der Waals surface area contributed by atoms with E-state index in [1.807, 2.05) is 18.2 Å². The Morgan fingerprint density at radius 1 is 1.38 bits per heavy atom. The van der Waals surface area contributed by atoms with Crippen LogP contribution < -0.4 is 4.90 Å². The number of anilines is 1. The van der Waals surface area contributed by atoms with Crippen molar-refractivity contribution in [2.75, 3.05) is 11.9 Å². The first-order valence-electron chi connectivity index (χ1n) is 8.69. The van der Waals surface area contributed by atoms with E-state index < -0.39 is 0 Å². The fraction of sp³-hybridized carbons (Fsp3) is 0.389. The zero-order valence-electron chi connectivity index (χ0n) is 14.5. The number of rotatable bonds is 3. The summed E-state index contributed by atoms with van der Waals surface area (Å²) < 4.78 is 14.8. The maximum Gasteiger partial charge on any atom is 0.223 e. The number of fused-ring (bicyclic) bond motifs is 3. The van der Waals surface area contributed by atoms with Crippen LogP contribution in [0, 0.1) is 11.8 Å². The van der Waals surface area contributed by atoms with Gasteiger partial charge in [-0.15, -0.1) is 3.89 Å². The fourth-order valence-electron chi connectivity index (χ4n) is 3.95. The van der Waals surface area contributed by atoms with Crippen molar-refractivity contribution in [3.05, 3.63) is 29.5 Å². The third-order valence-corrected chi connectivity index (χ3v) is 6.09. The molecule has 134 valence electrons. The Kier molecular flexibility index (Phi) is 3.40. The van der Waals surface area contributed by atoms with Gasteiger partial charge in [0, 0.05) is 25.2 Å². The van der Waals surface area contributed by atoms with E-state index in [0.29, 0.717) is 17.7 Å². The number of carbonyl (C=O) groups is 1. The predicted octanol–water partition coefficient (Wildman–Crippen LogP) is 3.52. The maximum absolute atomic E-state index is 13.4. The van der Waals surface area contributed by atoms with Gasteiger partial charge >= 0.3 is 0 Å². The van der Waals surface area contributed by atoms with Crippen molar-refractivity contribution in [1.82, 2.24) is 19.2 Å². The number of hydrogen-bond acceptors (Lipinski definition) is 4. The van der Waals surface area contributed by atoms with Crippen LogP contribution in [0.25, 0.3) is 22.6 Å². The molecule has 2 atom stereocenters. The lowest BCUT2D eigenvalue weighted by Gasteiger charge is -2.14. The van der Waals surface area contributed by atoms with Crippen molar-refractivity contribution < 1.29 is 8.68 Å². The van der Waals surface area contributed by atoms with Crippen LogP contribution in [0.1, 0.15) is 24.6 Å². The third kappa shape index (κ3) is 2.35. The number of imidazole rings is 1. The molecule has 0 saturated heterocycles. The lowest BCUT2D eigenvalue weighted by atomic mass is 9.96. The molecule has 2 heterocycles. The summed E-state index contributed by atoms with van der Waals surface area (Å²) in [6.45, 7) is 1.53. The summed E-state index contributed by atoms with van der Waals surface area (Å²) in [6, 6.07) is 5.65. The Balaban J connectivity index is 1.59. The summed E-state index contributed by atoms with van der Waals surface area (Å²) in [5, 5.41) is 4.46. The number of nitrogens with one attached hydrogen (secondary N) is 1. The summed E-state index contributed by atoms with van der Waals surface area (Å²) >= 11 is 0.156. The van der Waals surface area contributed by atoms with E-state index in [4.69, 9.17) is 0 Å². The molecule has 6 nitrogen and oxygen atoms in total. The van der Waals surface area contributed by atoms with E-state index in [1.54, 1.807) is 11.9 Å². The molecule has 5 rings (SSSR count). The van der Waals surface area contributed by atoms with Gasteiger partial charge in [-0.1, -0.05) is 0 Å². The molecular weight excluding hydrogens is 353 g/mol. The van der Waals surface area contributed by atoms with Crippen LogP contribution >= 0.6 is 12.3 Å². The van der Waals surface area contributed by atoms with E-state index in [9.17, 15) is 8.68 Å². The highest BCUT2D eigenvalue weighted by molar-refractivity contribution is 7.92. The van der Waals surface area contributed by atoms with E-state index in [1.165, 1.54) is 17.4 Å². The molecule has 2 aliphatic rings. The van der Waals surface area contributed by atoms with Gasteiger partial charge in [0.05, 0.1) is 16.7 Å². The Morgan fingerprint density at radius 3 is 2.96 bits per heavy atom. The zero-order chi connectivity index (χ0) is 18.0. The summed E-state index contributed by atoms with van der Waals surface area (Å²) in [4.78, 5) is 21.1. The lowest BCUT2D eigenvalue weighted by molar-refractivity contribution is -0.116. The number of carbonyl (C=O) groups excluding carboxylic acids is 1. The minimum atomic E-state index is -0.0316. The first-order chi connectivity index (χ1) is 12.5. The number of H-pyrrole nitrogens is 1. The molecule has 1 N–H and O–H groups in total. The van der Waals surface area contributed by atoms with Crippen LogP contribution in [0.3, 0.4) is 0 Å². The van der Waals surface area contributed by atoms with E-state index in [2.05, 4.69) is 15.1 Å². The summed E-state index contributed by atoms with van der Waals surface area (Å²) in [6.07, 6.45) is 3.08. The second-order valence-electron chi connectivity index (χ2n) is 7.24. The minimum absolute atomic E-state index is 0.0316. The molecular formula is C18H18FN5OS. The topological polar surface area (TPSA) is 66.8 Å². The van der Waals surface area contributed by atoms with E-state index >= 15 is 0 Å². The Morgan fingerprint density at radius 2 is 2.19 bits per heavy atom. The van der Waals surface area contributed by atoms with E-state index in [-0.39, 0.29) is 18.2 Å². The average molecular weight is 371 g/mol. The molecule has 0 aliphatic heterocycles. The van der Waals surface area contributed by atoms with Gasteiger partial charge in [-0.05, 0) is 49.3 Å². The first kappa shape index (κ1) is 15.9. The van der Waals surface area contributed by atoms with Crippen LogP contribution in [0.15, 0.2) is 18.2 Å². The normalized spacial score (nSPS) is 20.7. The molecule has 26 heavy (non-hydrogen) atoms. The average Bonchev–Trinajstić information content (AvgIpc) is 3.12. The highest BCUT2D eigenvalue weighted by Crippen LogP contribution is 2.50. The van der Waals surface area contributed by atoms with Crippen LogP contribution in [-0.4, -0.2) is 32.1 Å². The minimum Gasteiger partial charge on any atom is -0.337 e. The number of amides is 1. The van der Waals surface area contributed by atoms with Gasteiger partial charge in [-0.25, -0.2) is 4.98 Å². The lowest BCUT2D eigenvalue weighted by Crippen LogP contribution is -2.22. The fourth-order valence-corrected chi connectivity index (χ4v) is 4.33. The van der Waals surface area contributed by atoms with Gasteiger partial charge in [-0.2, -0.15) is 9.19 Å². The number of benzene rings is 1. The quantitative estimate of drug-likeness (QED) is 0.765. The van der Waals surface area contributed by atoms with Crippen LogP contribution in [0.2, 0.25) is 0 Å². The highest BCUT2D eigenvalue weighted by Gasteiger charge is 2.44. The summed E-state index contributed by atoms with van der Waals surface area (Å²) in [5.41, 5.74) is 5.29. The maximum atomic E-state index is 13.4.